The fourth-order valence-electron chi connectivity index (χ4n) is 4.74. The summed E-state index contributed by atoms with van der Waals surface area (Å²) in [5, 5.41) is 0. The highest BCUT2D eigenvalue weighted by molar-refractivity contribution is 5.85. The summed E-state index contributed by atoms with van der Waals surface area (Å²) in [5.74, 6) is 0.253. The molecule has 0 aliphatic carbocycles. The van der Waals surface area contributed by atoms with Crippen molar-refractivity contribution in [3.05, 3.63) is 30.1 Å². The molecule has 142 valence electrons. The molecule has 3 aliphatic heterocycles. The monoisotopic (exact) mass is 360 g/mol. The molecule has 3 aliphatic rings. The topological polar surface area (TPSA) is 58.1 Å². The van der Waals surface area contributed by atoms with Crippen molar-refractivity contribution in [2.45, 2.75) is 31.1 Å². The van der Waals surface area contributed by atoms with Crippen LogP contribution in [0.2, 0.25) is 0 Å². The van der Waals surface area contributed by atoms with Crippen LogP contribution in [0, 0.1) is 0 Å². The van der Waals surface area contributed by atoms with Crippen LogP contribution in [0.5, 0.6) is 0 Å². The lowest BCUT2D eigenvalue weighted by molar-refractivity contribution is -0.137. The van der Waals surface area contributed by atoms with Gasteiger partial charge in [0, 0.05) is 65.1 Å². The van der Waals surface area contributed by atoms with Crippen molar-refractivity contribution in [3.63, 3.8) is 0 Å². The first kappa shape index (κ1) is 17.9. The van der Waals surface area contributed by atoms with Crippen molar-refractivity contribution >= 4 is 5.91 Å². The Morgan fingerprint density at radius 3 is 2.77 bits per heavy atom. The Hall–Kier alpha value is -1.54. The minimum absolute atomic E-state index is 0.0551. The van der Waals surface area contributed by atoms with E-state index in [4.69, 9.17) is 9.47 Å². The Kier molecular flexibility index (Phi) is 5.22. The van der Waals surface area contributed by atoms with E-state index in [2.05, 4.69) is 19.7 Å². The summed E-state index contributed by atoms with van der Waals surface area (Å²) in [6.07, 6.45) is 5.44. The first-order valence-corrected chi connectivity index (χ1v) is 9.51. The number of hydrogen-bond donors (Lipinski definition) is 0. The number of ether oxygens (including phenoxy) is 2. The molecule has 1 aromatic heterocycles. The van der Waals surface area contributed by atoms with Crippen LogP contribution in [0.4, 0.5) is 0 Å². The van der Waals surface area contributed by atoms with Gasteiger partial charge in [-0.2, -0.15) is 0 Å². The van der Waals surface area contributed by atoms with Crippen molar-refractivity contribution < 1.29 is 14.3 Å². The number of nitrogens with zero attached hydrogens (tertiary/aromatic N) is 4. The van der Waals surface area contributed by atoms with Gasteiger partial charge in [-0.3, -0.25) is 19.6 Å². The van der Waals surface area contributed by atoms with E-state index in [0.717, 1.165) is 52.2 Å². The molecule has 4 heterocycles. The highest BCUT2D eigenvalue weighted by atomic mass is 16.5. The number of amides is 1. The number of carbonyl (C=O) groups excluding carboxylic acids is 1. The fraction of sp³-hybridized carbons (Fsp3) is 0.684. The Morgan fingerprint density at radius 2 is 2.04 bits per heavy atom. The zero-order chi connectivity index (χ0) is 18.0. The van der Waals surface area contributed by atoms with Gasteiger partial charge in [0.25, 0.3) is 0 Å². The second-order valence-electron chi connectivity index (χ2n) is 7.38. The third kappa shape index (κ3) is 3.13. The average molecular weight is 360 g/mol. The summed E-state index contributed by atoms with van der Waals surface area (Å²) in [7, 11) is 1.70. The first-order valence-electron chi connectivity index (χ1n) is 9.51. The van der Waals surface area contributed by atoms with Gasteiger partial charge in [-0.15, -0.1) is 0 Å². The minimum atomic E-state index is -0.179. The number of aromatic nitrogens is 1. The summed E-state index contributed by atoms with van der Waals surface area (Å²) in [4.78, 5) is 24.3. The Bertz CT molecular complexity index is 620. The molecule has 0 unspecified atom stereocenters. The van der Waals surface area contributed by atoms with Gasteiger partial charge < -0.3 is 14.4 Å². The van der Waals surface area contributed by atoms with E-state index >= 15 is 0 Å². The van der Waals surface area contributed by atoms with Crippen LogP contribution in [-0.2, 0) is 20.8 Å². The number of rotatable bonds is 5. The molecule has 1 aromatic rings. The second-order valence-corrected chi connectivity index (χ2v) is 7.38. The van der Waals surface area contributed by atoms with Gasteiger partial charge in [-0.25, -0.2) is 0 Å². The molecule has 1 atom stereocenters. The normalized spacial score (nSPS) is 26.4. The van der Waals surface area contributed by atoms with E-state index in [0.29, 0.717) is 13.2 Å². The van der Waals surface area contributed by atoms with E-state index in [1.165, 1.54) is 5.56 Å². The predicted octanol–water partition coefficient (Wildman–Crippen LogP) is 0.563. The molecule has 0 bridgehead atoms. The lowest BCUT2D eigenvalue weighted by Gasteiger charge is -2.49. The third-order valence-corrected chi connectivity index (χ3v) is 6.02. The molecule has 3 fully saturated rings. The summed E-state index contributed by atoms with van der Waals surface area (Å²) in [6.45, 7) is 6.24. The molecule has 4 rings (SSSR count). The molecule has 0 radical (unpaired) electrons. The van der Waals surface area contributed by atoms with Crippen molar-refractivity contribution in [1.82, 2.24) is 19.7 Å². The van der Waals surface area contributed by atoms with E-state index in [-0.39, 0.29) is 17.6 Å². The van der Waals surface area contributed by atoms with Crippen LogP contribution >= 0.6 is 0 Å². The zero-order valence-electron chi connectivity index (χ0n) is 15.5. The number of carbonyl (C=O) groups is 1. The Balaban J connectivity index is 1.52. The summed E-state index contributed by atoms with van der Waals surface area (Å²) < 4.78 is 10.9. The Morgan fingerprint density at radius 1 is 1.27 bits per heavy atom. The molecule has 3 saturated heterocycles. The SMILES string of the molecule is COCCN1C(=O)[C@H]2CN(Cc3ccncc3)CCN2C12CCOCC2. The number of hydrogen-bond acceptors (Lipinski definition) is 6. The lowest BCUT2D eigenvalue weighted by atomic mass is 9.96. The van der Waals surface area contributed by atoms with Gasteiger partial charge in [-0.1, -0.05) is 0 Å². The molecule has 0 saturated carbocycles. The van der Waals surface area contributed by atoms with Crippen LogP contribution in [0.15, 0.2) is 24.5 Å². The Labute approximate surface area is 154 Å². The third-order valence-electron chi connectivity index (χ3n) is 6.02. The average Bonchev–Trinajstić information content (AvgIpc) is 2.89. The van der Waals surface area contributed by atoms with Gasteiger partial charge in [0.05, 0.1) is 19.8 Å². The number of piperazine rings is 1. The molecule has 26 heavy (non-hydrogen) atoms. The second kappa shape index (κ2) is 7.60. The summed E-state index contributed by atoms with van der Waals surface area (Å²) in [6, 6.07) is 4.04. The molecule has 1 amide bonds. The molecular formula is C19H28N4O3. The van der Waals surface area contributed by atoms with Gasteiger partial charge in [0.2, 0.25) is 5.91 Å². The van der Waals surface area contributed by atoms with Crippen LogP contribution in [-0.4, -0.2) is 90.4 Å². The summed E-state index contributed by atoms with van der Waals surface area (Å²) in [5.41, 5.74) is 1.07. The van der Waals surface area contributed by atoms with Crippen LogP contribution in [0.1, 0.15) is 18.4 Å². The van der Waals surface area contributed by atoms with Gasteiger partial charge in [-0.05, 0) is 17.7 Å². The van der Waals surface area contributed by atoms with E-state index in [9.17, 15) is 4.79 Å². The van der Waals surface area contributed by atoms with Crippen molar-refractivity contribution in [2.24, 2.45) is 0 Å². The van der Waals surface area contributed by atoms with Crippen molar-refractivity contribution in [2.75, 3.05) is 53.1 Å². The molecule has 7 heteroatoms. The van der Waals surface area contributed by atoms with Gasteiger partial charge >= 0.3 is 0 Å². The van der Waals surface area contributed by atoms with Crippen LogP contribution < -0.4 is 0 Å². The predicted molar refractivity (Wildman–Crippen MR) is 96.4 cm³/mol. The maximum Gasteiger partial charge on any atom is 0.242 e. The maximum atomic E-state index is 13.3. The largest absolute Gasteiger partial charge is 0.383 e. The zero-order valence-corrected chi connectivity index (χ0v) is 15.5. The molecule has 7 nitrogen and oxygen atoms in total. The standard InChI is InChI=1S/C19H28N4O3/c1-25-13-10-23-18(24)17-15-21(14-16-2-6-20-7-3-16)8-9-22(17)19(23)4-11-26-12-5-19/h2-3,6-7,17H,4-5,8-15H2,1H3/t17-/m1/s1. The number of fused-ring (bicyclic) bond motifs is 2. The highest BCUT2D eigenvalue weighted by Gasteiger charge is 2.57. The highest BCUT2D eigenvalue weighted by Crippen LogP contribution is 2.41. The smallest absolute Gasteiger partial charge is 0.242 e. The van der Waals surface area contributed by atoms with Gasteiger partial charge in [0.1, 0.15) is 11.7 Å². The lowest BCUT2D eigenvalue weighted by Crippen LogP contribution is -2.62. The quantitative estimate of drug-likeness (QED) is 0.765. The molecule has 1 spiro atoms. The van der Waals surface area contributed by atoms with E-state index in [1.807, 2.05) is 24.5 Å². The van der Waals surface area contributed by atoms with E-state index < -0.39 is 0 Å². The summed E-state index contributed by atoms with van der Waals surface area (Å²) >= 11 is 0. The number of pyridine rings is 1. The van der Waals surface area contributed by atoms with Crippen LogP contribution in [0.25, 0.3) is 0 Å². The maximum absolute atomic E-state index is 13.3. The molecule has 0 N–H and O–H groups in total. The molecule has 0 aromatic carbocycles. The first-order chi connectivity index (χ1) is 12.7. The van der Waals surface area contributed by atoms with Crippen molar-refractivity contribution in [1.29, 1.82) is 0 Å². The van der Waals surface area contributed by atoms with Crippen molar-refractivity contribution in [3.8, 4) is 0 Å². The number of methoxy groups -OCH3 is 1. The van der Waals surface area contributed by atoms with Crippen LogP contribution in [0.3, 0.4) is 0 Å². The molecular weight excluding hydrogens is 332 g/mol. The minimum Gasteiger partial charge on any atom is -0.383 e. The van der Waals surface area contributed by atoms with E-state index in [1.54, 1.807) is 7.11 Å². The van der Waals surface area contributed by atoms with Gasteiger partial charge in [0.15, 0.2) is 0 Å². The fourth-order valence-corrected chi connectivity index (χ4v) is 4.74.